The lowest BCUT2D eigenvalue weighted by Crippen LogP contribution is -1.81. The van der Waals surface area contributed by atoms with E-state index in [-0.39, 0.29) is 0 Å². The first kappa shape index (κ1) is 15.4. The average molecular weight is 350 g/mol. The molecule has 0 amide bonds. The van der Waals surface area contributed by atoms with E-state index in [2.05, 4.69) is 97.9 Å². The highest BCUT2D eigenvalue weighted by Crippen LogP contribution is 2.36. The maximum absolute atomic E-state index is 2.33. The Labute approximate surface area is 157 Å². The summed E-state index contributed by atoms with van der Waals surface area (Å²) in [5.41, 5.74) is 6.36. The Balaban J connectivity index is 1.56. The van der Waals surface area contributed by atoms with Crippen LogP contribution in [-0.4, -0.2) is 0 Å². The lowest BCUT2D eigenvalue weighted by atomic mass is 9.99. The lowest BCUT2D eigenvalue weighted by Gasteiger charge is -2.06. The first-order valence-corrected chi connectivity index (χ1v) is 9.68. The quantitative estimate of drug-likeness (QED) is 0.306. The monoisotopic (exact) mass is 350 g/mol. The molecule has 124 valence electrons. The molecule has 0 spiro atoms. The van der Waals surface area contributed by atoms with E-state index in [1.165, 1.54) is 48.0 Å². The van der Waals surface area contributed by atoms with Crippen LogP contribution in [0.1, 0.15) is 5.56 Å². The second-order valence-electron chi connectivity index (χ2n) is 6.75. The van der Waals surface area contributed by atoms with Crippen molar-refractivity contribution in [1.82, 2.24) is 0 Å². The van der Waals surface area contributed by atoms with E-state index in [9.17, 15) is 0 Å². The number of rotatable bonds is 2. The highest BCUT2D eigenvalue weighted by Gasteiger charge is 2.07. The van der Waals surface area contributed by atoms with Crippen LogP contribution in [-0.2, 0) is 0 Å². The fourth-order valence-corrected chi connectivity index (χ4v) is 4.59. The van der Waals surface area contributed by atoms with Gasteiger partial charge in [0.05, 0.1) is 0 Å². The van der Waals surface area contributed by atoms with Crippen LogP contribution in [0.4, 0.5) is 0 Å². The minimum atomic E-state index is 1.26. The molecular formula is C25H18S. The molecule has 1 heterocycles. The van der Waals surface area contributed by atoms with Crippen molar-refractivity contribution in [3.63, 3.8) is 0 Å². The van der Waals surface area contributed by atoms with Crippen molar-refractivity contribution in [3.8, 4) is 22.3 Å². The molecule has 5 rings (SSSR count). The van der Waals surface area contributed by atoms with E-state index < -0.39 is 0 Å². The van der Waals surface area contributed by atoms with Crippen molar-refractivity contribution in [1.29, 1.82) is 0 Å². The molecule has 5 aromatic rings. The van der Waals surface area contributed by atoms with Crippen molar-refractivity contribution in [2.24, 2.45) is 0 Å². The van der Waals surface area contributed by atoms with Gasteiger partial charge >= 0.3 is 0 Å². The molecule has 1 aromatic heterocycles. The Bertz CT molecular complexity index is 1210. The normalized spacial score (nSPS) is 11.3. The van der Waals surface area contributed by atoms with Gasteiger partial charge in [-0.2, -0.15) is 0 Å². The first-order chi connectivity index (χ1) is 12.8. The molecule has 0 unspecified atom stereocenters. The highest BCUT2D eigenvalue weighted by atomic mass is 32.1. The molecule has 0 fully saturated rings. The van der Waals surface area contributed by atoms with E-state index in [4.69, 9.17) is 0 Å². The fraction of sp³-hybridized carbons (Fsp3) is 0.0400. The minimum Gasteiger partial charge on any atom is -0.135 e. The third-order valence-electron chi connectivity index (χ3n) is 4.98. The number of thiophene rings is 1. The molecule has 0 bridgehead atoms. The van der Waals surface area contributed by atoms with Crippen LogP contribution < -0.4 is 0 Å². The van der Waals surface area contributed by atoms with Crippen LogP contribution >= 0.6 is 11.3 Å². The van der Waals surface area contributed by atoms with E-state index in [0.29, 0.717) is 0 Å². The summed E-state index contributed by atoms with van der Waals surface area (Å²) in [5, 5.41) is 2.70. The van der Waals surface area contributed by atoms with E-state index in [1.807, 2.05) is 11.3 Å². The number of hydrogen-bond donors (Lipinski definition) is 0. The van der Waals surface area contributed by atoms with Gasteiger partial charge < -0.3 is 0 Å². The molecule has 0 saturated heterocycles. The van der Waals surface area contributed by atoms with Crippen molar-refractivity contribution in [2.75, 3.05) is 0 Å². The standard InChI is InChI=1S/C25H18S/c1-17-6-8-18(9-7-17)19-10-12-20(13-11-19)21-14-15-25-23(16-21)22-4-2-3-5-24(22)26-25/h2-16H,1H3. The minimum absolute atomic E-state index is 1.26. The summed E-state index contributed by atoms with van der Waals surface area (Å²) in [5.74, 6) is 0. The van der Waals surface area contributed by atoms with Gasteiger partial charge in [-0.05, 0) is 47.4 Å². The smallest absolute Gasteiger partial charge is 0.0355 e. The topological polar surface area (TPSA) is 0 Å². The van der Waals surface area contributed by atoms with Crippen LogP contribution in [0.2, 0.25) is 0 Å². The molecule has 0 aliphatic rings. The number of fused-ring (bicyclic) bond motifs is 3. The average Bonchev–Trinajstić information content (AvgIpc) is 3.07. The largest absolute Gasteiger partial charge is 0.135 e. The maximum Gasteiger partial charge on any atom is 0.0355 e. The highest BCUT2D eigenvalue weighted by molar-refractivity contribution is 7.25. The van der Waals surface area contributed by atoms with E-state index in [0.717, 1.165) is 0 Å². The molecular weight excluding hydrogens is 332 g/mol. The third kappa shape index (κ3) is 2.61. The summed E-state index contributed by atoms with van der Waals surface area (Å²) >= 11 is 1.87. The molecule has 0 aliphatic heterocycles. The van der Waals surface area contributed by atoms with Crippen molar-refractivity contribution >= 4 is 31.5 Å². The summed E-state index contributed by atoms with van der Waals surface area (Å²) in [6.45, 7) is 2.12. The van der Waals surface area contributed by atoms with Crippen LogP contribution in [0.15, 0.2) is 91.0 Å². The van der Waals surface area contributed by atoms with Gasteiger partial charge in [0.1, 0.15) is 0 Å². The summed E-state index contributed by atoms with van der Waals surface area (Å²) < 4.78 is 2.71. The molecule has 26 heavy (non-hydrogen) atoms. The predicted molar refractivity (Wildman–Crippen MR) is 115 cm³/mol. The van der Waals surface area contributed by atoms with Gasteiger partial charge in [0.2, 0.25) is 0 Å². The van der Waals surface area contributed by atoms with Gasteiger partial charge in [0.25, 0.3) is 0 Å². The molecule has 0 N–H and O–H groups in total. The Kier molecular flexibility index (Phi) is 3.62. The van der Waals surface area contributed by atoms with Crippen LogP contribution in [0, 0.1) is 6.92 Å². The van der Waals surface area contributed by atoms with Crippen molar-refractivity contribution < 1.29 is 0 Å². The third-order valence-corrected chi connectivity index (χ3v) is 6.13. The molecule has 0 radical (unpaired) electrons. The van der Waals surface area contributed by atoms with E-state index in [1.54, 1.807) is 0 Å². The Morgan fingerprint density at radius 2 is 1.04 bits per heavy atom. The van der Waals surface area contributed by atoms with Crippen molar-refractivity contribution in [3.05, 3.63) is 96.6 Å². The number of hydrogen-bond acceptors (Lipinski definition) is 1. The summed E-state index contributed by atoms with van der Waals surface area (Å²) in [7, 11) is 0. The summed E-state index contributed by atoms with van der Waals surface area (Å²) in [6, 6.07) is 33.1. The zero-order valence-corrected chi connectivity index (χ0v) is 15.4. The molecule has 0 aliphatic carbocycles. The number of benzene rings is 4. The second kappa shape index (κ2) is 6.12. The SMILES string of the molecule is Cc1ccc(-c2ccc(-c3ccc4sc5ccccc5c4c3)cc2)cc1. The van der Waals surface area contributed by atoms with Gasteiger partial charge in [-0.15, -0.1) is 11.3 Å². The molecule has 0 atom stereocenters. The maximum atomic E-state index is 2.33. The lowest BCUT2D eigenvalue weighted by molar-refractivity contribution is 1.47. The van der Waals surface area contributed by atoms with Gasteiger partial charge in [0.15, 0.2) is 0 Å². The fourth-order valence-electron chi connectivity index (χ4n) is 3.51. The molecule has 4 aromatic carbocycles. The van der Waals surface area contributed by atoms with Crippen molar-refractivity contribution in [2.45, 2.75) is 6.92 Å². The molecule has 1 heteroatoms. The Morgan fingerprint density at radius 1 is 0.500 bits per heavy atom. The van der Waals surface area contributed by atoms with E-state index >= 15 is 0 Å². The zero-order chi connectivity index (χ0) is 17.5. The summed E-state index contributed by atoms with van der Waals surface area (Å²) in [4.78, 5) is 0. The number of aryl methyl sites for hydroxylation is 1. The van der Waals surface area contributed by atoms with Gasteiger partial charge in [0, 0.05) is 20.2 Å². The summed E-state index contributed by atoms with van der Waals surface area (Å²) in [6.07, 6.45) is 0. The predicted octanol–water partition coefficient (Wildman–Crippen LogP) is 7.70. The van der Waals surface area contributed by atoms with Crippen LogP contribution in [0.3, 0.4) is 0 Å². The van der Waals surface area contributed by atoms with Gasteiger partial charge in [-0.3, -0.25) is 0 Å². The molecule has 0 nitrogen and oxygen atoms in total. The Hall–Kier alpha value is -2.90. The zero-order valence-electron chi connectivity index (χ0n) is 14.6. The Morgan fingerprint density at radius 3 is 1.77 bits per heavy atom. The second-order valence-corrected chi connectivity index (χ2v) is 7.84. The molecule has 0 saturated carbocycles. The van der Waals surface area contributed by atoms with Gasteiger partial charge in [-0.1, -0.05) is 78.4 Å². The van der Waals surface area contributed by atoms with Crippen LogP contribution in [0.5, 0.6) is 0 Å². The van der Waals surface area contributed by atoms with Crippen LogP contribution in [0.25, 0.3) is 42.4 Å². The van der Waals surface area contributed by atoms with Gasteiger partial charge in [-0.25, -0.2) is 0 Å². The first-order valence-electron chi connectivity index (χ1n) is 8.87.